The maximum Gasteiger partial charge on any atom is 0.255 e. The Hall–Kier alpha value is -1.99. The van der Waals surface area contributed by atoms with E-state index in [0.29, 0.717) is 18.2 Å². The van der Waals surface area contributed by atoms with Gasteiger partial charge in [-0.25, -0.2) is 4.39 Å². The molecule has 0 bridgehead atoms. The number of likely N-dealkylation sites (tertiary alicyclic amines) is 1. The number of carbonyl (C=O) groups excluding carboxylic acids is 2. The molecule has 0 unspecified atom stereocenters. The number of benzene rings is 1. The first-order valence-electron chi connectivity index (χ1n) is 9.79. The maximum atomic E-state index is 13.8. The Morgan fingerprint density at radius 1 is 1.07 bits per heavy atom. The summed E-state index contributed by atoms with van der Waals surface area (Å²) in [6, 6.07) is 3.01. The molecule has 1 aliphatic carbocycles. The number of fused-ring (bicyclic) bond motifs is 1. The lowest BCUT2D eigenvalue weighted by Gasteiger charge is -2.42. The molecule has 2 heterocycles. The van der Waals surface area contributed by atoms with Gasteiger partial charge in [0.2, 0.25) is 5.91 Å². The van der Waals surface area contributed by atoms with Gasteiger partial charge in [-0.3, -0.25) is 9.59 Å². The third-order valence-electron chi connectivity index (χ3n) is 6.39. The summed E-state index contributed by atoms with van der Waals surface area (Å²) >= 11 is 0. The Morgan fingerprint density at radius 2 is 1.74 bits per heavy atom. The topological polar surface area (TPSA) is 86.9 Å². The van der Waals surface area contributed by atoms with Crippen LogP contribution in [0.1, 0.15) is 64.8 Å². The van der Waals surface area contributed by atoms with Gasteiger partial charge in [-0.05, 0) is 56.2 Å². The third-order valence-corrected chi connectivity index (χ3v) is 6.39. The zero-order valence-electron chi connectivity index (χ0n) is 15.4. The van der Waals surface area contributed by atoms with Crippen molar-refractivity contribution in [1.29, 1.82) is 0 Å². The summed E-state index contributed by atoms with van der Waals surface area (Å²) in [5.41, 5.74) is 6.16. The SMILES string of the molecule is NC(=O)c1cc(F)cc2c1C(=O)N(C1CCN([C@H]3CC[C@@H](O)CC3)CC1)C2. The van der Waals surface area contributed by atoms with Gasteiger partial charge < -0.3 is 20.6 Å². The molecule has 0 spiro atoms. The van der Waals surface area contributed by atoms with Gasteiger partial charge >= 0.3 is 0 Å². The van der Waals surface area contributed by atoms with Crippen molar-refractivity contribution in [1.82, 2.24) is 9.80 Å². The van der Waals surface area contributed by atoms with E-state index in [0.717, 1.165) is 57.7 Å². The first kappa shape index (κ1) is 18.4. The van der Waals surface area contributed by atoms with Crippen LogP contribution in [0.5, 0.6) is 0 Å². The van der Waals surface area contributed by atoms with Gasteiger partial charge in [0.1, 0.15) is 5.82 Å². The number of amides is 2. The van der Waals surface area contributed by atoms with E-state index in [4.69, 9.17) is 5.73 Å². The zero-order chi connectivity index (χ0) is 19.1. The fraction of sp³-hybridized carbons (Fsp3) is 0.600. The highest BCUT2D eigenvalue weighted by Crippen LogP contribution is 2.33. The van der Waals surface area contributed by atoms with Crippen LogP contribution in [-0.2, 0) is 6.54 Å². The van der Waals surface area contributed by atoms with E-state index >= 15 is 0 Å². The van der Waals surface area contributed by atoms with Crippen molar-refractivity contribution in [2.24, 2.45) is 5.73 Å². The fourth-order valence-corrected chi connectivity index (χ4v) is 4.91. The van der Waals surface area contributed by atoms with E-state index in [9.17, 15) is 19.1 Å². The van der Waals surface area contributed by atoms with Crippen LogP contribution in [0.4, 0.5) is 4.39 Å². The minimum absolute atomic E-state index is 0.0179. The van der Waals surface area contributed by atoms with Crippen LogP contribution in [0.15, 0.2) is 12.1 Å². The number of nitrogens with two attached hydrogens (primary N) is 1. The highest BCUT2D eigenvalue weighted by molar-refractivity contribution is 6.09. The first-order valence-corrected chi connectivity index (χ1v) is 9.79. The average molecular weight is 375 g/mol. The number of carbonyl (C=O) groups is 2. The molecule has 3 N–H and O–H groups in total. The molecule has 2 amide bonds. The van der Waals surface area contributed by atoms with Crippen molar-refractivity contribution in [3.63, 3.8) is 0 Å². The van der Waals surface area contributed by atoms with E-state index in [1.54, 1.807) is 4.90 Å². The number of aliphatic hydroxyl groups excluding tert-OH is 1. The van der Waals surface area contributed by atoms with Crippen LogP contribution >= 0.6 is 0 Å². The summed E-state index contributed by atoms with van der Waals surface area (Å²) in [5.74, 6) is -1.51. The molecule has 3 aliphatic rings. The van der Waals surface area contributed by atoms with Crippen LogP contribution in [0.25, 0.3) is 0 Å². The quantitative estimate of drug-likeness (QED) is 0.841. The molecular weight excluding hydrogens is 349 g/mol. The van der Waals surface area contributed by atoms with Crippen molar-refractivity contribution in [3.05, 3.63) is 34.6 Å². The summed E-state index contributed by atoms with van der Waals surface area (Å²) in [6.45, 7) is 2.18. The van der Waals surface area contributed by atoms with Crippen molar-refractivity contribution in [2.75, 3.05) is 13.1 Å². The van der Waals surface area contributed by atoms with Crippen LogP contribution in [0.3, 0.4) is 0 Å². The van der Waals surface area contributed by atoms with Gasteiger partial charge in [0.15, 0.2) is 0 Å². The molecule has 0 atom stereocenters. The molecule has 4 rings (SSSR count). The number of halogens is 1. The number of aliphatic hydroxyl groups is 1. The maximum absolute atomic E-state index is 13.8. The molecule has 1 saturated heterocycles. The molecule has 1 aromatic rings. The zero-order valence-corrected chi connectivity index (χ0v) is 15.4. The normalized spacial score (nSPS) is 27.0. The summed E-state index contributed by atoms with van der Waals surface area (Å²) < 4.78 is 13.8. The average Bonchev–Trinajstić information content (AvgIpc) is 2.98. The largest absolute Gasteiger partial charge is 0.393 e. The number of piperidine rings is 1. The molecule has 27 heavy (non-hydrogen) atoms. The molecule has 0 radical (unpaired) electrons. The van der Waals surface area contributed by atoms with Gasteiger partial charge in [0, 0.05) is 31.7 Å². The van der Waals surface area contributed by atoms with E-state index in [-0.39, 0.29) is 29.2 Å². The van der Waals surface area contributed by atoms with E-state index in [1.165, 1.54) is 6.07 Å². The lowest BCUT2D eigenvalue weighted by Crippen LogP contribution is -2.49. The van der Waals surface area contributed by atoms with Crippen molar-refractivity contribution < 1.29 is 19.1 Å². The molecular formula is C20H26FN3O3. The van der Waals surface area contributed by atoms with Crippen LogP contribution < -0.4 is 5.73 Å². The van der Waals surface area contributed by atoms with Crippen molar-refractivity contribution >= 4 is 11.8 Å². The summed E-state index contributed by atoms with van der Waals surface area (Å²) in [7, 11) is 0. The Bertz CT molecular complexity index is 753. The Balaban J connectivity index is 1.43. The predicted molar refractivity (Wildman–Crippen MR) is 97.6 cm³/mol. The molecule has 1 saturated carbocycles. The van der Waals surface area contributed by atoms with Gasteiger partial charge in [-0.15, -0.1) is 0 Å². The monoisotopic (exact) mass is 375 g/mol. The Morgan fingerprint density at radius 3 is 2.37 bits per heavy atom. The molecule has 2 fully saturated rings. The number of hydrogen-bond acceptors (Lipinski definition) is 4. The molecule has 7 heteroatoms. The standard InChI is InChI=1S/C20H26FN3O3/c21-13-9-12-11-24(20(27)18(12)17(10-13)19(22)26)15-5-7-23(8-6-15)14-1-3-16(25)4-2-14/h9-10,14-16,25H,1-8,11H2,(H2,22,26)/t14-,16+. The van der Waals surface area contributed by atoms with Crippen molar-refractivity contribution in [3.8, 4) is 0 Å². The van der Waals surface area contributed by atoms with Crippen LogP contribution in [0.2, 0.25) is 0 Å². The second kappa shape index (κ2) is 7.20. The molecule has 6 nitrogen and oxygen atoms in total. The Labute approximate surface area is 158 Å². The predicted octanol–water partition coefficient (Wildman–Crippen LogP) is 1.65. The summed E-state index contributed by atoms with van der Waals surface area (Å²) in [6.07, 6.45) is 5.38. The molecule has 1 aromatic carbocycles. The lowest BCUT2D eigenvalue weighted by atomic mass is 9.90. The van der Waals surface area contributed by atoms with E-state index in [1.807, 2.05) is 0 Å². The number of nitrogens with zero attached hydrogens (tertiary/aromatic N) is 2. The van der Waals surface area contributed by atoms with Crippen LogP contribution in [-0.4, -0.2) is 58.0 Å². The minimum Gasteiger partial charge on any atom is -0.393 e. The number of rotatable bonds is 3. The van der Waals surface area contributed by atoms with Gasteiger partial charge in [-0.2, -0.15) is 0 Å². The fourth-order valence-electron chi connectivity index (χ4n) is 4.91. The first-order chi connectivity index (χ1) is 12.9. The van der Waals surface area contributed by atoms with E-state index in [2.05, 4.69) is 4.90 Å². The summed E-state index contributed by atoms with van der Waals surface area (Å²) in [4.78, 5) is 28.8. The molecule has 146 valence electrons. The summed E-state index contributed by atoms with van der Waals surface area (Å²) in [5, 5.41) is 9.68. The van der Waals surface area contributed by atoms with E-state index < -0.39 is 11.7 Å². The minimum atomic E-state index is -0.768. The number of hydrogen-bond donors (Lipinski definition) is 2. The highest BCUT2D eigenvalue weighted by atomic mass is 19.1. The highest BCUT2D eigenvalue weighted by Gasteiger charge is 2.38. The smallest absolute Gasteiger partial charge is 0.255 e. The molecule has 0 aromatic heterocycles. The second-order valence-electron chi connectivity index (χ2n) is 8.01. The van der Waals surface area contributed by atoms with Gasteiger partial charge in [0.25, 0.3) is 5.91 Å². The number of primary amides is 1. The van der Waals surface area contributed by atoms with Crippen LogP contribution in [0, 0.1) is 5.82 Å². The lowest BCUT2D eigenvalue weighted by molar-refractivity contribution is 0.0371. The van der Waals surface area contributed by atoms with Gasteiger partial charge in [0.05, 0.1) is 17.2 Å². The Kier molecular flexibility index (Phi) is 4.90. The second-order valence-corrected chi connectivity index (χ2v) is 8.01. The molecule has 2 aliphatic heterocycles. The van der Waals surface area contributed by atoms with Crippen molar-refractivity contribution in [2.45, 2.75) is 63.3 Å². The third kappa shape index (κ3) is 3.46. The van der Waals surface area contributed by atoms with Gasteiger partial charge in [-0.1, -0.05) is 0 Å².